The maximum Gasteiger partial charge on any atom is 0.143 e. The minimum atomic E-state index is -0.151. The first-order chi connectivity index (χ1) is 17.7. The Hall–Kier alpha value is -0.240. The maximum absolute atomic E-state index is 8.49. The fourth-order valence-corrected chi connectivity index (χ4v) is 2.69. The number of rotatable bonds is 15. The first-order valence-electron chi connectivity index (χ1n) is 15.3. The van der Waals surface area contributed by atoms with Gasteiger partial charge in [0.15, 0.2) is 0 Å². The summed E-state index contributed by atoms with van der Waals surface area (Å²) in [5.74, 6) is 0.622. The van der Waals surface area contributed by atoms with Crippen molar-refractivity contribution in [2.24, 2.45) is 11.3 Å². The van der Waals surface area contributed by atoms with Gasteiger partial charge in [0.05, 0.1) is 19.3 Å². The van der Waals surface area contributed by atoms with Gasteiger partial charge in [-0.15, -0.1) is 0 Å². The lowest BCUT2D eigenvalue weighted by Crippen LogP contribution is -2.24. The molecule has 0 saturated heterocycles. The van der Waals surface area contributed by atoms with Gasteiger partial charge in [-0.1, -0.05) is 122 Å². The van der Waals surface area contributed by atoms with Crippen LogP contribution in [0, 0.1) is 11.3 Å². The molecular weight excluding hydrogens is 468 g/mol. The summed E-state index contributed by atoms with van der Waals surface area (Å²) in [5, 5.41) is 25.1. The summed E-state index contributed by atoms with van der Waals surface area (Å²) in [6.45, 7) is 28.6. The van der Waals surface area contributed by atoms with E-state index in [0.29, 0.717) is 24.5 Å². The fourth-order valence-electron chi connectivity index (χ4n) is 2.69. The Balaban J connectivity index is -0.0000000843. The van der Waals surface area contributed by atoms with E-state index in [-0.39, 0.29) is 26.5 Å². The van der Waals surface area contributed by atoms with Crippen LogP contribution < -0.4 is 0 Å². The van der Waals surface area contributed by atoms with E-state index in [1.54, 1.807) is 0 Å². The number of hydrogen-bond acceptors (Lipinski definition) is 6. The van der Waals surface area contributed by atoms with Gasteiger partial charge in [0.25, 0.3) is 0 Å². The lowest BCUT2D eigenvalue weighted by atomic mass is 9.81. The molecule has 0 amide bonds. The van der Waals surface area contributed by atoms with E-state index in [2.05, 4.69) is 76.2 Å². The summed E-state index contributed by atoms with van der Waals surface area (Å²) in [4.78, 5) is 0. The zero-order valence-corrected chi connectivity index (χ0v) is 27.8. The Morgan fingerprint density at radius 3 is 1.05 bits per heavy atom. The molecule has 0 heterocycles. The van der Waals surface area contributed by atoms with Crippen LogP contribution in [0.3, 0.4) is 0 Å². The van der Waals surface area contributed by atoms with Crippen molar-refractivity contribution in [2.45, 2.75) is 160 Å². The highest BCUT2D eigenvalue weighted by atomic mass is 16.6. The Morgan fingerprint density at radius 2 is 0.865 bits per heavy atom. The van der Waals surface area contributed by atoms with Gasteiger partial charge in [-0.3, -0.25) is 0 Å². The minimum Gasteiger partial charge on any atom is -0.371 e. The number of aliphatic hydroxyl groups excluding tert-OH is 3. The molecule has 0 unspecified atom stereocenters. The monoisotopic (exact) mass is 543 g/mol. The van der Waals surface area contributed by atoms with Gasteiger partial charge in [-0.05, 0) is 43.4 Å². The van der Waals surface area contributed by atoms with Crippen molar-refractivity contribution in [2.75, 3.05) is 33.6 Å². The Bertz CT molecular complexity index is 291. The summed E-state index contributed by atoms with van der Waals surface area (Å²) in [6.07, 6.45) is 11.6. The quantitative estimate of drug-likeness (QED) is 0.179. The molecule has 0 aliphatic heterocycles. The molecule has 6 nitrogen and oxygen atoms in total. The van der Waals surface area contributed by atoms with Crippen LogP contribution in [0.1, 0.15) is 154 Å². The molecule has 0 saturated carbocycles. The van der Waals surface area contributed by atoms with E-state index in [9.17, 15) is 0 Å². The van der Waals surface area contributed by atoms with Crippen LogP contribution in [0.15, 0.2) is 0 Å². The molecular formula is C31H74O6. The van der Waals surface area contributed by atoms with Crippen LogP contribution in [0.5, 0.6) is 0 Å². The van der Waals surface area contributed by atoms with Gasteiger partial charge in [0.1, 0.15) is 20.4 Å². The fraction of sp³-hybridized carbons (Fsp3) is 1.00. The molecule has 0 fully saturated rings. The second-order valence-electron chi connectivity index (χ2n) is 9.08. The molecule has 6 heteroatoms. The van der Waals surface area contributed by atoms with Crippen LogP contribution in [-0.4, -0.2) is 55.0 Å². The standard InChI is InChI=1S/C9H20O2.C7H16O2.C6H14O2.3C3H8/c1-4-9(5-2,6-3)7-11-8-10;1-3-7(4-2)5-9-6-8;1-3-6(4-2)8-5-7;3*1-3-2/h10H,4-8H2,1-3H3;7-8H,3-6H2,1-2H3;6-7H,3-5H2,1-2H3;3*3H2,1-2H3. The zero-order valence-electron chi connectivity index (χ0n) is 27.8. The van der Waals surface area contributed by atoms with E-state index < -0.39 is 0 Å². The molecule has 0 rings (SSSR count). The molecule has 0 atom stereocenters. The lowest BCUT2D eigenvalue weighted by Gasteiger charge is -2.29. The molecule has 0 aromatic rings. The van der Waals surface area contributed by atoms with Crippen LogP contribution in [0.25, 0.3) is 0 Å². The van der Waals surface area contributed by atoms with Crippen molar-refractivity contribution < 1.29 is 29.5 Å². The van der Waals surface area contributed by atoms with Gasteiger partial charge >= 0.3 is 0 Å². The third-order valence-electron chi connectivity index (χ3n) is 5.57. The van der Waals surface area contributed by atoms with E-state index in [4.69, 9.17) is 29.5 Å². The van der Waals surface area contributed by atoms with Crippen LogP contribution >= 0.6 is 0 Å². The second kappa shape index (κ2) is 48.8. The van der Waals surface area contributed by atoms with Gasteiger partial charge in [-0.25, -0.2) is 0 Å². The topological polar surface area (TPSA) is 88.4 Å². The molecule has 0 aliphatic rings. The lowest BCUT2D eigenvalue weighted by molar-refractivity contribution is -0.0521. The minimum absolute atomic E-state index is 0.142. The van der Waals surface area contributed by atoms with E-state index in [1.165, 1.54) is 19.3 Å². The van der Waals surface area contributed by atoms with E-state index in [1.807, 2.05) is 13.8 Å². The molecule has 37 heavy (non-hydrogen) atoms. The Kier molecular flexibility index (Phi) is 65.5. The van der Waals surface area contributed by atoms with Crippen LogP contribution in [0.4, 0.5) is 0 Å². The summed E-state index contributed by atoms with van der Waals surface area (Å²) in [7, 11) is 0. The third-order valence-corrected chi connectivity index (χ3v) is 5.57. The van der Waals surface area contributed by atoms with Crippen molar-refractivity contribution in [3.05, 3.63) is 0 Å². The van der Waals surface area contributed by atoms with Crippen molar-refractivity contribution in [3.8, 4) is 0 Å². The number of hydrogen-bond donors (Lipinski definition) is 3. The highest BCUT2D eigenvalue weighted by Crippen LogP contribution is 2.30. The van der Waals surface area contributed by atoms with Gasteiger partial charge in [0, 0.05) is 0 Å². The van der Waals surface area contributed by atoms with Crippen LogP contribution in [0.2, 0.25) is 0 Å². The van der Waals surface area contributed by atoms with Crippen molar-refractivity contribution in [1.82, 2.24) is 0 Å². The SMILES string of the molecule is CCC.CCC.CCC.CCC(CC)(CC)COCO.CCC(CC)COCO.CCC(CC)OCO. The predicted octanol–water partition coefficient (Wildman–Crippen LogP) is 8.95. The average molecular weight is 543 g/mol. The Morgan fingerprint density at radius 1 is 0.514 bits per heavy atom. The predicted molar refractivity (Wildman–Crippen MR) is 164 cm³/mol. The average Bonchev–Trinajstić information content (AvgIpc) is 2.91. The first-order valence-corrected chi connectivity index (χ1v) is 15.3. The maximum atomic E-state index is 8.49. The summed E-state index contributed by atoms with van der Waals surface area (Å²) in [6, 6.07) is 0. The second-order valence-corrected chi connectivity index (χ2v) is 9.08. The third kappa shape index (κ3) is 49.3. The highest BCUT2D eigenvalue weighted by Gasteiger charge is 2.23. The molecule has 0 radical (unpaired) electrons. The molecule has 0 aliphatic carbocycles. The molecule has 0 spiro atoms. The highest BCUT2D eigenvalue weighted by molar-refractivity contribution is 4.73. The van der Waals surface area contributed by atoms with Crippen molar-refractivity contribution >= 4 is 0 Å². The molecule has 0 aromatic heterocycles. The van der Waals surface area contributed by atoms with Crippen LogP contribution in [-0.2, 0) is 14.2 Å². The molecule has 3 N–H and O–H groups in total. The molecule has 0 bridgehead atoms. The van der Waals surface area contributed by atoms with Gasteiger partial charge in [0.2, 0.25) is 0 Å². The molecule has 234 valence electrons. The van der Waals surface area contributed by atoms with Gasteiger partial charge < -0.3 is 29.5 Å². The first kappa shape index (κ1) is 49.7. The zero-order chi connectivity index (χ0) is 30.4. The smallest absolute Gasteiger partial charge is 0.143 e. The van der Waals surface area contributed by atoms with Crippen molar-refractivity contribution in [3.63, 3.8) is 0 Å². The Labute approximate surface area is 234 Å². The summed E-state index contributed by atoms with van der Waals surface area (Å²) < 4.78 is 14.8. The summed E-state index contributed by atoms with van der Waals surface area (Å²) >= 11 is 0. The van der Waals surface area contributed by atoms with E-state index in [0.717, 1.165) is 44.9 Å². The van der Waals surface area contributed by atoms with E-state index >= 15 is 0 Å². The number of aliphatic hydroxyl groups is 3. The van der Waals surface area contributed by atoms with Crippen molar-refractivity contribution in [1.29, 1.82) is 0 Å². The summed E-state index contributed by atoms with van der Waals surface area (Å²) in [5.41, 5.74) is 0.294. The normalized spacial score (nSPS) is 9.89. The van der Waals surface area contributed by atoms with Gasteiger partial charge in [-0.2, -0.15) is 0 Å². The largest absolute Gasteiger partial charge is 0.371 e. The number of ether oxygens (including phenoxy) is 3. The molecule has 0 aromatic carbocycles.